The zero-order chi connectivity index (χ0) is 8.32. The fraction of sp³-hybridized carbons (Fsp3) is 1.00. The monoisotopic (exact) mass is 175 g/mol. The highest BCUT2D eigenvalue weighted by molar-refractivity contribution is 7.99. The van der Waals surface area contributed by atoms with E-state index in [1.807, 2.05) is 11.8 Å². The minimum absolute atomic E-state index is 0.0731. The summed E-state index contributed by atoms with van der Waals surface area (Å²) in [6, 6.07) is 0. The number of thioether (sulfide) groups is 1. The van der Waals surface area contributed by atoms with Gasteiger partial charge in [0.2, 0.25) is 0 Å². The molecule has 1 saturated carbocycles. The van der Waals surface area contributed by atoms with Crippen LogP contribution in [0, 0.1) is 5.41 Å². The summed E-state index contributed by atoms with van der Waals surface area (Å²) in [6.07, 6.45) is 1.75. The van der Waals surface area contributed by atoms with Crippen LogP contribution in [0.5, 0.6) is 0 Å². The van der Waals surface area contributed by atoms with Crippen molar-refractivity contribution in [1.29, 1.82) is 0 Å². The minimum Gasteiger partial charge on any atom is -0.393 e. The van der Waals surface area contributed by atoms with Gasteiger partial charge in [0.25, 0.3) is 0 Å². The molecule has 0 aromatic heterocycles. The highest BCUT2D eigenvalue weighted by atomic mass is 32.2. The molecule has 11 heavy (non-hydrogen) atoms. The summed E-state index contributed by atoms with van der Waals surface area (Å²) < 4.78 is 0. The number of rotatable bonds is 4. The molecule has 1 fully saturated rings. The topological polar surface area (TPSA) is 46.2 Å². The zero-order valence-electron chi connectivity index (χ0n) is 7.05. The van der Waals surface area contributed by atoms with Crippen LogP contribution in [0.2, 0.25) is 0 Å². The van der Waals surface area contributed by atoms with Gasteiger partial charge in [0, 0.05) is 5.75 Å². The van der Waals surface area contributed by atoms with Gasteiger partial charge in [-0.15, -0.1) is 0 Å². The Kier molecular flexibility index (Phi) is 3.22. The fourth-order valence-electron chi connectivity index (χ4n) is 1.60. The Balaban J connectivity index is 2.26. The van der Waals surface area contributed by atoms with E-state index >= 15 is 0 Å². The van der Waals surface area contributed by atoms with Gasteiger partial charge < -0.3 is 10.8 Å². The van der Waals surface area contributed by atoms with Crippen molar-refractivity contribution in [3.63, 3.8) is 0 Å². The number of aliphatic hydroxyl groups is 1. The van der Waals surface area contributed by atoms with Crippen molar-refractivity contribution in [3.8, 4) is 0 Å². The average Bonchev–Trinajstić information content (AvgIpc) is 1.96. The maximum absolute atomic E-state index is 9.15. The van der Waals surface area contributed by atoms with Crippen LogP contribution in [0.1, 0.15) is 19.8 Å². The molecule has 0 spiro atoms. The molecule has 3 N–H and O–H groups in total. The molecule has 1 aliphatic carbocycles. The molecule has 3 heteroatoms. The first-order chi connectivity index (χ1) is 5.22. The van der Waals surface area contributed by atoms with Crippen molar-refractivity contribution in [3.05, 3.63) is 0 Å². The van der Waals surface area contributed by atoms with E-state index in [0.29, 0.717) is 0 Å². The third-order valence-corrected chi connectivity index (χ3v) is 3.61. The molecule has 0 aromatic carbocycles. The predicted octanol–water partition coefficient (Wildman–Crippen LogP) is 0.839. The molecule has 0 heterocycles. The van der Waals surface area contributed by atoms with Crippen LogP contribution in [-0.2, 0) is 0 Å². The summed E-state index contributed by atoms with van der Waals surface area (Å²) in [5.74, 6) is 2.27. The Morgan fingerprint density at radius 3 is 2.64 bits per heavy atom. The second-order valence-electron chi connectivity index (χ2n) is 3.40. The molecule has 0 bridgehead atoms. The maximum Gasteiger partial charge on any atom is 0.0552 e. The van der Waals surface area contributed by atoms with E-state index in [-0.39, 0.29) is 11.5 Å². The van der Waals surface area contributed by atoms with E-state index < -0.39 is 0 Å². The third kappa shape index (κ3) is 2.10. The lowest BCUT2D eigenvalue weighted by atomic mass is 9.68. The number of nitrogens with two attached hydrogens (primary N) is 1. The average molecular weight is 175 g/mol. The predicted molar refractivity (Wildman–Crippen MR) is 49.7 cm³/mol. The van der Waals surface area contributed by atoms with E-state index in [9.17, 15) is 0 Å². The Bertz CT molecular complexity index is 123. The van der Waals surface area contributed by atoms with E-state index in [1.165, 1.54) is 0 Å². The van der Waals surface area contributed by atoms with E-state index in [1.54, 1.807) is 0 Å². The Hall–Kier alpha value is 0.270. The van der Waals surface area contributed by atoms with Crippen LogP contribution in [0.4, 0.5) is 0 Å². The molecule has 0 amide bonds. The van der Waals surface area contributed by atoms with Crippen molar-refractivity contribution in [2.24, 2.45) is 11.1 Å². The first-order valence-electron chi connectivity index (χ1n) is 4.18. The molecule has 0 aliphatic heterocycles. The largest absolute Gasteiger partial charge is 0.393 e. The van der Waals surface area contributed by atoms with Crippen molar-refractivity contribution in [1.82, 2.24) is 0 Å². The summed E-state index contributed by atoms with van der Waals surface area (Å²) in [5.41, 5.74) is 5.93. The standard InChI is InChI=1S/C8H17NOS/c1-2-11-6-8(5-9)3-7(10)4-8/h7,10H,2-6,9H2,1H3. The molecular formula is C8H17NOS. The Morgan fingerprint density at radius 1 is 1.64 bits per heavy atom. The minimum atomic E-state index is -0.0731. The molecule has 1 aliphatic rings. The summed E-state index contributed by atoms with van der Waals surface area (Å²) in [4.78, 5) is 0. The van der Waals surface area contributed by atoms with Gasteiger partial charge in [-0.05, 0) is 30.6 Å². The summed E-state index contributed by atoms with van der Waals surface area (Å²) in [5, 5.41) is 9.15. The SMILES string of the molecule is CCSCC1(CN)CC(O)C1. The van der Waals surface area contributed by atoms with Crippen molar-refractivity contribution < 1.29 is 5.11 Å². The van der Waals surface area contributed by atoms with Gasteiger partial charge in [-0.3, -0.25) is 0 Å². The lowest BCUT2D eigenvalue weighted by Gasteiger charge is -2.44. The molecule has 1 rings (SSSR count). The first-order valence-corrected chi connectivity index (χ1v) is 5.34. The van der Waals surface area contributed by atoms with Gasteiger partial charge in [-0.25, -0.2) is 0 Å². The second kappa shape index (κ2) is 3.78. The molecule has 0 radical (unpaired) electrons. The van der Waals surface area contributed by atoms with Gasteiger partial charge in [0.05, 0.1) is 6.10 Å². The van der Waals surface area contributed by atoms with E-state index in [4.69, 9.17) is 10.8 Å². The van der Waals surface area contributed by atoms with Crippen molar-refractivity contribution in [2.75, 3.05) is 18.1 Å². The highest BCUT2D eigenvalue weighted by Gasteiger charge is 2.41. The lowest BCUT2D eigenvalue weighted by Crippen LogP contribution is -2.48. The molecule has 66 valence electrons. The summed E-state index contributed by atoms with van der Waals surface area (Å²) >= 11 is 1.93. The number of hydrogen-bond donors (Lipinski definition) is 2. The molecule has 0 unspecified atom stereocenters. The lowest BCUT2D eigenvalue weighted by molar-refractivity contribution is -0.0111. The fourth-order valence-corrected chi connectivity index (χ4v) is 2.59. The Morgan fingerprint density at radius 2 is 2.27 bits per heavy atom. The highest BCUT2D eigenvalue weighted by Crippen LogP contribution is 2.42. The van der Waals surface area contributed by atoms with Crippen molar-refractivity contribution in [2.45, 2.75) is 25.9 Å². The van der Waals surface area contributed by atoms with Crippen LogP contribution >= 0.6 is 11.8 Å². The van der Waals surface area contributed by atoms with Crippen LogP contribution in [0.15, 0.2) is 0 Å². The Labute approximate surface area is 72.5 Å². The molecule has 0 aromatic rings. The van der Waals surface area contributed by atoms with Gasteiger partial charge in [0.1, 0.15) is 0 Å². The zero-order valence-corrected chi connectivity index (χ0v) is 7.86. The third-order valence-electron chi connectivity index (χ3n) is 2.38. The van der Waals surface area contributed by atoms with Gasteiger partial charge in [-0.1, -0.05) is 6.92 Å². The van der Waals surface area contributed by atoms with Gasteiger partial charge in [-0.2, -0.15) is 11.8 Å². The number of hydrogen-bond acceptors (Lipinski definition) is 3. The van der Waals surface area contributed by atoms with Gasteiger partial charge >= 0.3 is 0 Å². The maximum atomic E-state index is 9.15. The van der Waals surface area contributed by atoms with Crippen LogP contribution < -0.4 is 5.73 Å². The molecule has 0 atom stereocenters. The molecular weight excluding hydrogens is 158 g/mol. The van der Waals surface area contributed by atoms with Crippen LogP contribution in [-0.4, -0.2) is 29.3 Å². The van der Waals surface area contributed by atoms with E-state index in [0.717, 1.165) is 30.9 Å². The smallest absolute Gasteiger partial charge is 0.0552 e. The van der Waals surface area contributed by atoms with Gasteiger partial charge in [0.15, 0.2) is 0 Å². The quantitative estimate of drug-likeness (QED) is 0.665. The van der Waals surface area contributed by atoms with Crippen molar-refractivity contribution >= 4 is 11.8 Å². The van der Waals surface area contributed by atoms with E-state index in [2.05, 4.69) is 6.92 Å². The molecule has 2 nitrogen and oxygen atoms in total. The normalized spacial score (nSPS) is 36.8. The van der Waals surface area contributed by atoms with Crippen LogP contribution in [0.25, 0.3) is 0 Å². The number of aliphatic hydroxyl groups excluding tert-OH is 1. The first kappa shape index (κ1) is 9.36. The van der Waals surface area contributed by atoms with Crippen LogP contribution in [0.3, 0.4) is 0 Å². The summed E-state index contributed by atoms with van der Waals surface area (Å²) in [6.45, 7) is 2.89. The molecule has 0 saturated heterocycles. The summed E-state index contributed by atoms with van der Waals surface area (Å²) in [7, 11) is 0. The second-order valence-corrected chi connectivity index (χ2v) is 4.68.